The third-order valence-corrected chi connectivity index (χ3v) is 18.5. The van der Waals surface area contributed by atoms with Gasteiger partial charge in [-0.2, -0.15) is 0 Å². The highest BCUT2D eigenvalue weighted by Gasteiger charge is 2.39. The Hall–Kier alpha value is -4.91. The topological polar surface area (TPSA) is 6.48 Å². The molecule has 0 amide bonds. The van der Waals surface area contributed by atoms with Crippen molar-refractivity contribution < 1.29 is 0 Å². The monoisotopic (exact) mass is 652 g/mol. The van der Waals surface area contributed by atoms with Crippen molar-refractivity contribution in [2.75, 3.05) is 9.80 Å². The average Bonchev–Trinajstić information content (AvgIpc) is 3.11. The molecule has 7 aromatic rings. The van der Waals surface area contributed by atoms with Crippen LogP contribution in [0.15, 0.2) is 133 Å². The number of aryl methyl sites for hydroxylation is 2. The summed E-state index contributed by atoms with van der Waals surface area (Å²) in [6.07, 6.45) is 0. The fourth-order valence-electron chi connectivity index (χ4n) is 8.80. The van der Waals surface area contributed by atoms with Crippen LogP contribution in [0, 0.1) is 13.8 Å². The normalized spacial score (nSPS) is 15.5. The predicted octanol–water partition coefficient (Wildman–Crippen LogP) is 9.82. The summed E-state index contributed by atoms with van der Waals surface area (Å²) >= 11 is 0. The third-order valence-electron chi connectivity index (χ3n) is 11.4. The molecule has 2 aliphatic rings. The molecule has 0 atom stereocenters. The fourth-order valence-corrected chi connectivity index (χ4v) is 14.8. The van der Waals surface area contributed by atoms with Crippen molar-refractivity contribution in [2.24, 2.45) is 0 Å². The van der Waals surface area contributed by atoms with Gasteiger partial charge in [-0.15, -0.1) is 0 Å². The molecule has 2 aliphatic heterocycles. The van der Waals surface area contributed by atoms with Gasteiger partial charge in [-0.1, -0.05) is 111 Å². The molecule has 4 heteroatoms. The summed E-state index contributed by atoms with van der Waals surface area (Å²) < 4.78 is 0. The molecule has 0 unspecified atom stereocenters. The smallest absolute Gasteiger partial charge is 0.117 e. The first-order chi connectivity index (χ1) is 23.2. The Balaban J connectivity index is 1.23. The lowest BCUT2D eigenvalue weighted by atomic mass is 9.92. The second kappa shape index (κ2) is 10.3. The summed E-state index contributed by atoms with van der Waals surface area (Å²) in [6, 6.07) is 50.5. The molecule has 0 radical (unpaired) electrons. The number of anilines is 6. The molecule has 7 aromatic carbocycles. The number of para-hydroxylation sites is 4. The van der Waals surface area contributed by atoms with E-state index in [1.807, 2.05) is 0 Å². The molecular formula is C44H40N2Si2. The van der Waals surface area contributed by atoms with Crippen molar-refractivity contribution in [3.63, 3.8) is 0 Å². The Morgan fingerprint density at radius 3 is 0.958 bits per heavy atom. The van der Waals surface area contributed by atoms with E-state index < -0.39 is 16.1 Å². The van der Waals surface area contributed by atoms with Gasteiger partial charge in [0.1, 0.15) is 16.1 Å². The highest BCUT2D eigenvalue weighted by Crippen LogP contribution is 2.44. The van der Waals surface area contributed by atoms with Crippen molar-refractivity contribution in [1.29, 1.82) is 0 Å². The van der Waals surface area contributed by atoms with Gasteiger partial charge in [0.15, 0.2) is 0 Å². The first-order valence-corrected chi connectivity index (χ1v) is 23.1. The van der Waals surface area contributed by atoms with E-state index in [2.05, 4.69) is 183 Å². The summed E-state index contributed by atoms with van der Waals surface area (Å²) in [4.78, 5) is 5.00. The Bertz CT molecular complexity index is 2190. The molecule has 0 saturated heterocycles. The van der Waals surface area contributed by atoms with E-state index >= 15 is 0 Å². The second-order valence-electron chi connectivity index (χ2n) is 14.7. The second-order valence-corrected chi connectivity index (χ2v) is 23.4. The molecule has 0 aromatic heterocycles. The van der Waals surface area contributed by atoms with E-state index in [-0.39, 0.29) is 0 Å². The molecule has 0 saturated carbocycles. The number of rotatable bonds is 2. The zero-order chi connectivity index (χ0) is 32.9. The lowest BCUT2D eigenvalue weighted by Gasteiger charge is -2.41. The SMILES string of the molecule is Cc1c2ccc(N3c4ccccc4[Si](C)(C)c4ccccc43)cc2c(C)c2ccc(N3c4ccccc4[Si](C)(C)c4ccccc43)cc12. The standard InChI is InChI=1S/C44H40N2Si2/c1-29-33-25-23-32(46-39-17-9-13-21-43(39)48(5,6)44-22-14-10-18-40(44)46)28-36(33)30(2)34-26-24-31(27-35(29)34)45-37-15-7-11-19-41(37)47(3,4)42-20-12-8-16-38(42)45/h7-28H,1-6H3. The lowest BCUT2D eigenvalue weighted by molar-refractivity contribution is 1.29. The number of hydrogen-bond donors (Lipinski definition) is 0. The summed E-state index contributed by atoms with van der Waals surface area (Å²) in [5, 5.41) is 11.3. The van der Waals surface area contributed by atoms with Crippen LogP contribution in [0.4, 0.5) is 34.1 Å². The summed E-state index contributed by atoms with van der Waals surface area (Å²) in [6.45, 7) is 14.6. The zero-order valence-corrected chi connectivity index (χ0v) is 30.6. The first kappa shape index (κ1) is 29.2. The van der Waals surface area contributed by atoms with E-state index in [0.717, 1.165) is 0 Å². The molecular weight excluding hydrogens is 613 g/mol. The highest BCUT2D eigenvalue weighted by atomic mass is 28.3. The number of hydrogen-bond acceptors (Lipinski definition) is 2. The van der Waals surface area contributed by atoms with Crippen LogP contribution in [-0.2, 0) is 0 Å². The van der Waals surface area contributed by atoms with E-state index in [1.54, 1.807) is 0 Å². The minimum atomic E-state index is -1.83. The van der Waals surface area contributed by atoms with Gasteiger partial charge in [0, 0.05) is 34.1 Å². The van der Waals surface area contributed by atoms with Crippen LogP contribution in [0.3, 0.4) is 0 Å². The van der Waals surface area contributed by atoms with Crippen molar-refractivity contribution in [3.05, 3.63) is 145 Å². The first-order valence-electron chi connectivity index (χ1n) is 17.1. The zero-order valence-electron chi connectivity index (χ0n) is 28.6. The summed E-state index contributed by atoms with van der Waals surface area (Å²) in [5.41, 5.74) is 10.4. The van der Waals surface area contributed by atoms with Crippen molar-refractivity contribution in [2.45, 2.75) is 40.0 Å². The maximum Gasteiger partial charge on any atom is 0.117 e. The van der Waals surface area contributed by atoms with Crippen LogP contribution in [0.5, 0.6) is 0 Å². The maximum atomic E-state index is 2.50. The summed E-state index contributed by atoms with van der Waals surface area (Å²) in [7, 11) is -3.66. The van der Waals surface area contributed by atoms with Crippen molar-refractivity contribution >= 4 is 92.6 Å². The fraction of sp³-hybridized carbons (Fsp3) is 0.136. The van der Waals surface area contributed by atoms with E-state index in [0.29, 0.717) is 0 Å². The molecule has 234 valence electrons. The molecule has 48 heavy (non-hydrogen) atoms. The van der Waals surface area contributed by atoms with Gasteiger partial charge in [-0.25, -0.2) is 0 Å². The molecule has 9 rings (SSSR count). The Morgan fingerprint density at radius 2 is 0.646 bits per heavy atom. The maximum absolute atomic E-state index is 2.50. The van der Waals surface area contributed by atoms with Crippen molar-refractivity contribution in [1.82, 2.24) is 0 Å². The van der Waals surface area contributed by atoms with Gasteiger partial charge in [-0.3, -0.25) is 0 Å². The van der Waals surface area contributed by atoms with Crippen LogP contribution in [0.1, 0.15) is 11.1 Å². The Morgan fingerprint density at radius 1 is 0.354 bits per heavy atom. The molecule has 0 spiro atoms. The van der Waals surface area contributed by atoms with Gasteiger partial charge in [0.25, 0.3) is 0 Å². The molecule has 0 fully saturated rings. The van der Waals surface area contributed by atoms with Crippen LogP contribution in [0.25, 0.3) is 21.5 Å². The van der Waals surface area contributed by atoms with Gasteiger partial charge >= 0.3 is 0 Å². The Kier molecular flexibility index (Phi) is 6.27. The molecule has 0 aliphatic carbocycles. The minimum absolute atomic E-state index is 1.22. The van der Waals surface area contributed by atoms with E-state index in [1.165, 1.54) is 87.5 Å². The quantitative estimate of drug-likeness (QED) is 0.136. The van der Waals surface area contributed by atoms with Crippen LogP contribution in [-0.4, -0.2) is 16.1 Å². The number of benzene rings is 7. The predicted molar refractivity (Wildman–Crippen MR) is 214 cm³/mol. The summed E-state index contributed by atoms with van der Waals surface area (Å²) in [5.74, 6) is 0. The number of nitrogens with zero attached hydrogens (tertiary/aromatic N) is 2. The highest BCUT2D eigenvalue weighted by molar-refractivity contribution is 7.03. The van der Waals surface area contributed by atoms with E-state index in [9.17, 15) is 0 Å². The Labute approximate surface area is 285 Å². The average molecular weight is 653 g/mol. The molecule has 2 heterocycles. The molecule has 2 nitrogen and oxygen atoms in total. The lowest BCUT2D eigenvalue weighted by Crippen LogP contribution is -2.58. The van der Waals surface area contributed by atoms with Gasteiger partial charge in [0.2, 0.25) is 0 Å². The minimum Gasteiger partial charge on any atom is -0.311 e. The van der Waals surface area contributed by atoms with Crippen LogP contribution in [0.2, 0.25) is 26.2 Å². The van der Waals surface area contributed by atoms with Crippen LogP contribution >= 0.6 is 0 Å². The third kappa shape index (κ3) is 3.96. The van der Waals surface area contributed by atoms with Gasteiger partial charge < -0.3 is 9.80 Å². The van der Waals surface area contributed by atoms with Gasteiger partial charge in [0.05, 0.1) is 0 Å². The largest absolute Gasteiger partial charge is 0.311 e. The molecule has 0 N–H and O–H groups in total. The van der Waals surface area contributed by atoms with Gasteiger partial charge in [-0.05, 0) is 116 Å². The number of fused-ring (bicyclic) bond motifs is 6. The molecule has 0 bridgehead atoms. The van der Waals surface area contributed by atoms with Crippen molar-refractivity contribution in [3.8, 4) is 0 Å². The van der Waals surface area contributed by atoms with E-state index in [4.69, 9.17) is 0 Å². The van der Waals surface area contributed by atoms with Crippen LogP contribution < -0.4 is 30.5 Å².